The van der Waals surface area contributed by atoms with E-state index in [0.717, 1.165) is 45.0 Å². The van der Waals surface area contributed by atoms with Crippen LogP contribution in [0.1, 0.15) is 159 Å². The zero-order valence-electron chi connectivity index (χ0n) is 87.4. The summed E-state index contributed by atoms with van der Waals surface area (Å²) in [6, 6.07) is -6.91. The number of thioether (sulfide) groups is 2. The minimum atomic E-state index is -5.48. The Morgan fingerprint density at radius 1 is 0.604 bits per heavy atom. The highest BCUT2D eigenvalue weighted by Gasteiger charge is 2.33. The number of benzene rings is 6. The van der Waals surface area contributed by atoms with Gasteiger partial charge in [-0.3, -0.25) is 19.2 Å². The topological polar surface area (TPSA) is 117 Å². The van der Waals surface area contributed by atoms with E-state index >= 15 is 4.79 Å². The number of carbonyl (C=O) groups is 2. The van der Waals surface area contributed by atoms with Gasteiger partial charge >= 0.3 is 12.4 Å². The number of alkyl halides is 6. The number of rotatable bonds is 26. The van der Waals surface area contributed by atoms with Crippen LogP contribution in [0.25, 0.3) is 22.3 Å². The minimum Gasteiger partial charge on any atom is -0.336 e. The van der Waals surface area contributed by atoms with E-state index in [4.69, 9.17) is 39.8 Å². The van der Waals surface area contributed by atoms with Crippen molar-refractivity contribution >= 4 is 35.3 Å². The molecule has 12 nitrogen and oxygen atoms in total. The maximum absolute atomic E-state index is 15.2. The van der Waals surface area contributed by atoms with E-state index in [1.807, 2.05) is 0 Å². The number of aromatic nitrogens is 4. The van der Waals surface area contributed by atoms with Crippen LogP contribution in [0.3, 0.4) is 0 Å². The summed E-state index contributed by atoms with van der Waals surface area (Å²) in [4.78, 5) is 65.1. The molecule has 2 unspecified atom stereocenters. The molecule has 2 aliphatic carbocycles. The third kappa shape index (κ3) is 18.8. The van der Waals surface area contributed by atoms with Gasteiger partial charge in [-0.2, -0.15) is 36.3 Å². The SMILES string of the molecule is [2H]C([2H])(Sc1nc(=O)c2c(n1CC(=O)N(C([2H])(C)c1ccc(-c3ccc(C(F)(F)F)cc3)cc1)C([2H])([2H])C([2H])([2H])N(C([2H])([2H])C)C([2H])([2H])C)CCC2)c1ccc(F)cc1.[2H]c1c([2H])c(C([2H])([2H])Sc2nc(=O)c3c(n2CC(=O)N(C([2H])([2H])c2c([2H])c([2H])c(-c4c([2H])c([2H])c(C(F)(F)F)c([2H])c4[2H])c([2H])c2[2H])C([2H])([2H])C([2H])([2H])N(CC)CC)C([2H])([2H])C([2H])(C)C3([2H])[2H])c([2H])c([2H])c1F. The van der Waals surface area contributed by atoms with Gasteiger partial charge in [0.2, 0.25) is 11.8 Å². The molecule has 8 aromatic rings. The van der Waals surface area contributed by atoms with Gasteiger partial charge in [0, 0.05) is 89.7 Å². The lowest BCUT2D eigenvalue weighted by molar-refractivity contribution is -0.138. The van der Waals surface area contributed by atoms with Gasteiger partial charge in [0.05, 0.1) is 43.2 Å². The minimum absolute atomic E-state index is 0.0241. The van der Waals surface area contributed by atoms with E-state index in [9.17, 15) is 59.1 Å². The van der Waals surface area contributed by atoms with Crippen molar-refractivity contribution < 1.29 is 94.1 Å². The first-order chi connectivity index (χ1) is 59.7. The average molecular weight is 1400 g/mol. The third-order valence-electron chi connectivity index (χ3n) is 14.0. The van der Waals surface area contributed by atoms with Gasteiger partial charge in [0.15, 0.2) is 10.3 Å². The van der Waals surface area contributed by atoms with Crippen molar-refractivity contribution in [2.45, 2.75) is 133 Å². The normalized spacial score (nSPS) is 22.9. The van der Waals surface area contributed by atoms with Gasteiger partial charge in [-0.05, 0) is 164 Å². The summed E-state index contributed by atoms with van der Waals surface area (Å²) < 4.78 is 425. The third-order valence-corrected chi connectivity index (χ3v) is 15.6. The first kappa shape index (κ1) is 38.3. The number of hydrogen-bond acceptors (Lipinski definition) is 10. The molecule has 0 spiro atoms. The van der Waals surface area contributed by atoms with Crippen LogP contribution in [0.2, 0.25) is 0 Å². The standard InChI is InChI=1S/2C37H40F4N4O2S/c1-4-43(5-2)18-19-44(22-26-6-10-28(11-7-26)29-12-14-30(15-13-29)37(39,40)41)34(46)23-45-33-21-25(3)20-32(33)35(47)42-36(45)48-24-27-8-16-31(38)17-9-27;1-4-43(5-2)21-22-44(25(3)27-11-13-28(14-12-27)29-15-17-30(18-16-29)37(39,40)41)34(46)23-45-33-8-6-7-32(33)35(47)42-36(45)48-24-26-9-19-31(38)20-10-26/h6-17,25H,4-5,18-24H2,1-3H3;9-20,25H,4-8,21-24H2,1-3H3/i6D,7D,8D,9D,10D,11D,12D,13D,14D,15D,16D,17D,18D2,19D2,20D2,21D2,22D2,24D2,25D;4D2,5D2,21D2,22D2,24D2,25D. The molecule has 0 radical (unpaired) electrons. The lowest BCUT2D eigenvalue weighted by Crippen LogP contribution is -2.42. The highest BCUT2D eigenvalue weighted by Crippen LogP contribution is 2.35. The zero-order chi connectivity index (χ0) is 101. The maximum atomic E-state index is 15.2. The monoisotopic (exact) mass is 1400 g/mol. The Balaban J connectivity index is 0.000000304. The quantitative estimate of drug-likeness (QED) is 0.0295. The van der Waals surface area contributed by atoms with E-state index in [0.29, 0.717) is 41.1 Å². The fourth-order valence-electron chi connectivity index (χ4n) is 9.09. The molecule has 6 aromatic carbocycles. The van der Waals surface area contributed by atoms with Crippen molar-refractivity contribution in [3.63, 3.8) is 0 Å². The first-order valence-corrected chi connectivity index (χ1v) is 30.4. The van der Waals surface area contributed by atoms with E-state index in [1.54, 1.807) is 0 Å². The summed E-state index contributed by atoms with van der Waals surface area (Å²) in [5.74, 6) is -8.92. The van der Waals surface area contributed by atoms with Crippen LogP contribution >= 0.6 is 23.5 Å². The van der Waals surface area contributed by atoms with Crippen LogP contribution in [0.4, 0.5) is 35.1 Å². The van der Waals surface area contributed by atoms with Crippen molar-refractivity contribution in [3.05, 3.63) is 234 Å². The van der Waals surface area contributed by atoms with Gasteiger partial charge in [-0.25, -0.2) is 8.78 Å². The fraction of sp³-hybridized carbons (Fsp3) is 0.378. The Bertz CT molecular complexity index is 5900. The molecule has 2 atom stereocenters. The number of fused-ring (bicyclic) bond motifs is 2. The van der Waals surface area contributed by atoms with Crippen LogP contribution < -0.4 is 11.1 Å². The molecule has 0 fully saturated rings. The van der Waals surface area contributed by atoms with Crippen LogP contribution in [0.5, 0.6) is 0 Å². The smallest absolute Gasteiger partial charge is 0.336 e. The summed E-state index contributed by atoms with van der Waals surface area (Å²) in [6.07, 6.45) is -16.1. The molecule has 0 N–H and O–H groups in total. The molecule has 0 saturated heterocycles. The molecule has 2 amide bonds. The van der Waals surface area contributed by atoms with Crippen LogP contribution in [0.15, 0.2) is 165 Å². The summed E-state index contributed by atoms with van der Waals surface area (Å²) in [5, 5.41) is -1.61. The van der Waals surface area contributed by atoms with E-state index in [-0.39, 0.29) is 54.7 Å². The molecule has 2 aliphatic rings. The largest absolute Gasteiger partial charge is 0.416 e. The number of hydrogen-bond donors (Lipinski definition) is 0. The molecule has 2 aromatic heterocycles. The summed E-state index contributed by atoms with van der Waals surface area (Å²) in [7, 11) is 0. The number of amides is 2. The Kier molecular flexibility index (Phi) is 13.1. The van der Waals surface area contributed by atoms with E-state index in [1.165, 1.54) is 66.9 Å². The van der Waals surface area contributed by atoms with Crippen LogP contribution in [-0.4, -0.2) is 103 Å². The second kappa shape index (κ2) is 32.9. The molecule has 96 heavy (non-hydrogen) atoms. The molecule has 10 rings (SSSR count). The first-order valence-electron chi connectivity index (χ1n) is 46.7. The number of nitrogens with zero attached hydrogens (tertiary/aromatic N) is 8. The summed E-state index contributed by atoms with van der Waals surface area (Å²) >= 11 is -0.00525. The molecule has 2 heterocycles. The molecule has 0 aliphatic heterocycles. The number of carbonyl (C=O) groups excluding carboxylic acids is 2. The van der Waals surface area contributed by atoms with Gasteiger partial charge in [-0.1, -0.05) is 155 Å². The molecule has 22 heteroatoms. The van der Waals surface area contributed by atoms with Crippen molar-refractivity contribution in [1.82, 2.24) is 38.7 Å². The Hall–Kier alpha value is -7.92. The predicted molar refractivity (Wildman–Crippen MR) is 362 cm³/mol. The van der Waals surface area contributed by atoms with Crippen molar-refractivity contribution in [2.24, 2.45) is 5.89 Å². The van der Waals surface area contributed by atoms with Gasteiger partial charge in [0.25, 0.3) is 11.1 Å². The van der Waals surface area contributed by atoms with Crippen LogP contribution in [-0.2, 0) is 78.5 Å². The van der Waals surface area contributed by atoms with Gasteiger partial charge in [-0.15, -0.1) is 0 Å². The molecule has 0 bridgehead atoms. The number of likely N-dealkylation sites (N-methyl/N-ethyl adjacent to an activating group) is 2. The zero-order valence-corrected chi connectivity index (χ0v) is 53.1. The lowest BCUT2D eigenvalue weighted by Gasteiger charge is -2.33. The Labute approximate surface area is 614 Å². The van der Waals surface area contributed by atoms with Crippen molar-refractivity contribution in [3.8, 4) is 22.3 Å². The summed E-state index contributed by atoms with van der Waals surface area (Å²) in [5.41, 5.74) is -18.2. The van der Waals surface area contributed by atoms with Crippen LogP contribution in [0, 0.1) is 17.5 Å². The second-order valence-corrected chi connectivity index (χ2v) is 21.8. The van der Waals surface area contributed by atoms with E-state index < -0.39 is 294 Å². The lowest BCUT2D eigenvalue weighted by atomic mass is 9.99. The van der Waals surface area contributed by atoms with Crippen molar-refractivity contribution in [1.29, 1.82) is 0 Å². The average Bonchev–Trinajstić information content (AvgIpc) is 1.50. The molecular weight excluding hydrogens is 1280 g/mol. The predicted octanol–water partition coefficient (Wildman–Crippen LogP) is 15.2. The molecule has 0 saturated carbocycles. The van der Waals surface area contributed by atoms with Gasteiger partial charge < -0.3 is 28.7 Å². The maximum Gasteiger partial charge on any atom is 0.416 e. The molecule has 508 valence electrons. The highest BCUT2D eigenvalue weighted by molar-refractivity contribution is 7.98. The summed E-state index contributed by atoms with van der Waals surface area (Å²) in [6.45, 7) is -23.1. The highest BCUT2D eigenvalue weighted by atomic mass is 32.2. The van der Waals surface area contributed by atoms with E-state index in [2.05, 4.69) is 9.97 Å². The fourth-order valence-corrected chi connectivity index (χ4v) is 10.5. The van der Waals surface area contributed by atoms with Gasteiger partial charge in [0.1, 0.15) is 24.7 Å². The Morgan fingerprint density at radius 2 is 1.12 bits per heavy atom. The molecular formula is C74H80F8N8O4S2. The number of halogens is 8. The Morgan fingerprint density at radius 3 is 1.70 bits per heavy atom. The second-order valence-electron chi connectivity index (χ2n) is 20.3. The van der Waals surface area contributed by atoms with Crippen molar-refractivity contribution in [2.75, 3.05) is 52.1 Å².